The van der Waals surface area contributed by atoms with Crippen LogP contribution in [0.15, 0.2) is 48.5 Å². The Bertz CT molecular complexity index is 707. The van der Waals surface area contributed by atoms with Gasteiger partial charge in [-0.15, -0.1) is 0 Å². The molecule has 0 radical (unpaired) electrons. The molecule has 24 heavy (non-hydrogen) atoms. The Hall–Kier alpha value is -2.33. The summed E-state index contributed by atoms with van der Waals surface area (Å²) < 4.78 is 5.93. The SMILES string of the molecule is CCN(CC)C(=O)C(C)C1(O)c2ccccc2Oc2ccccc21. The minimum Gasteiger partial charge on any atom is -0.457 e. The summed E-state index contributed by atoms with van der Waals surface area (Å²) in [5.41, 5.74) is -0.140. The highest BCUT2D eigenvalue weighted by Crippen LogP contribution is 2.50. The van der Waals surface area contributed by atoms with Crippen molar-refractivity contribution in [2.75, 3.05) is 13.1 Å². The summed E-state index contributed by atoms with van der Waals surface area (Å²) in [5, 5.41) is 11.7. The predicted octanol–water partition coefficient (Wildman–Crippen LogP) is 3.53. The van der Waals surface area contributed by atoms with E-state index in [4.69, 9.17) is 4.74 Å². The van der Waals surface area contributed by atoms with Gasteiger partial charge in [0.15, 0.2) is 0 Å². The van der Waals surface area contributed by atoms with Gasteiger partial charge >= 0.3 is 0 Å². The van der Waals surface area contributed by atoms with Crippen LogP contribution < -0.4 is 4.74 Å². The molecule has 1 aliphatic heterocycles. The number of aliphatic hydroxyl groups is 1. The van der Waals surface area contributed by atoms with Crippen LogP contribution in [0.5, 0.6) is 11.5 Å². The van der Waals surface area contributed by atoms with Gasteiger partial charge in [-0.1, -0.05) is 43.3 Å². The molecule has 3 rings (SSSR count). The molecule has 1 N–H and O–H groups in total. The molecule has 0 aromatic heterocycles. The van der Waals surface area contributed by atoms with Gasteiger partial charge in [0.2, 0.25) is 5.91 Å². The van der Waals surface area contributed by atoms with Gasteiger partial charge in [0.05, 0.1) is 5.92 Å². The molecule has 0 fully saturated rings. The van der Waals surface area contributed by atoms with E-state index in [1.54, 1.807) is 11.8 Å². The molecule has 1 amide bonds. The van der Waals surface area contributed by atoms with Gasteiger partial charge < -0.3 is 14.7 Å². The van der Waals surface area contributed by atoms with E-state index in [-0.39, 0.29) is 5.91 Å². The van der Waals surface area contributed by atoms with Crippen molar-refractivity contribution < 1.29 is 14.6 Å². The van der Waals surface area contributed by atoms with Crippen molar-refractivity contribution in [3.8, 4) is 11.5 Å². The molecule has 0 saturated heterocycles. The second-order valence-corrected chi connectivity index (χ2v) is 6.09. The van der Waals surface area contributed by atoms with E-state index in [0.717, 1.165) is 0 Å². The summed E-state index contributed by atoms with van der Waals surface area (Å²) in [6, 6.07) is 14.8. The first kappa shape index (κ1) is 16.5. The summed E-state index contributed by atoms with van der Waals surface area (Å²) in [5.74, 6) is 0.508. The predicted molar refractivity (Wildman–Crippen MR) is 93.0 cm³/mol. The fraction of sp³-hybridized carbons (Fsp3) is 0.350. The summed E-state index contributed by atoms with van der Waals surface area (Å²) in [6.45, 7) is 6.93. The molecule has 4 heteroatoms. The van der Waals surface area contributed by atoms with Gasteiger partial charge in [-0.05, 0) is 26.0 Å². The van der Waals surface area contributed by atoms with Crippen LogP contribution in [0.3, 0.4) is 0 Å². The maximum Gasteiger partial charge on any atom is 0.229 e. The first-order valence-corrected chi connectivity index (χ1v) is 8.42. The average Bonchev–Trinajstić information content (AvgIpc) is 2.62. The Labute approximate surface area is 142 Å². The monoisotopic (exact) mass is 325 g/mol. The van der Waals surface area contributed by atoms with E-state index in [9.17, 15) is 9.90 Å². The van der Waals surface area contributed by atoms with Gasteiger partial charge in [0, 0.05) is 24.2 Å². The fourth-order valence-corrected chi connectivity index (χ4v) is 3.46. The highest BCUT2D eigenvalue weighted by Gasteiger charge is 2.48. The van der Waals surface area contributed by atoms with Crippen LogP contribution in [0.4, 0.5) is 0 Å². The van der Waals surface area contributed by atoms with Crippen LogP contribution in [0, 0.1) is 5.92 Å². The van der Waals surface area contributed by atoms with Crippen molar-refractivity contribution in [2.45, 2.75) is 26.4 Å². The molecule has 1 aliphatic rings. The van der Waals surface area contributed by atoms with Crippen LogP contribution in [-0.2, 0) is 10.4 Å². The first-order chi connectivity index (χ1) is 11.5. The van der Waals surface area contributed by atoms with Gasteiger partial charge in [0.25, 0.3) is 0 Å². The molecule has 1 heterocycles. The Kier molecular flexibility index (Phi) is 4.33. The third-order valence-electron chi connectivity index (χ3n) is 4.89. The summed E-state index contributed by atoms with van der Waals surface area (Å²) in [4.78, 5) is 14.7. The lowest BCUT2D eigenvalue weighted by Gasteiger charge is -2.40. The van der Waals surface area contributed by atoms with Crippen molar-refractivity contribution in [2.24, 2.45) is 5.92 Å². The smallest absolute Gasteiger partial charge is 0.229 e. The summed E-state index contributed by atoms with van der Waals surface area (Å²) in [6.07, 6.45) is 0. The Morgan fingerprint density at radius 1 is 1.04 bits per heavy atom. The number of ether oxygens (including phenoxy) is 1. The van der Waals surface area contributed by atoms with Gasteiger partial charge in [-0.2, -0.15) is 0 Å². The lowest BCUT2D eigenvalue weighted by Crippen LogP contribution is -2.47. The molecule has 0 spiro atoms. The molecular weight excluding hydrogens is 302 g/mol. The molecule has 1 atom stereocenters. The Morgan fingerprint density at radius 2 is 1.50 bits per heavy atom. The normalized spacial score (nSPS) is 15.7. The second-order valence-electron chi connectivity index (χ2n) is 6.09. The highest BCUT2D eigenvalue weighted by molar-refractivity contribution is 5.81. The first-order valence-electron chi connectivity index (χ1n) is 8.42. The lowest BCUT2D eigenvalue weighted by atomic mass is 9.74. The maximum absolute atomic E-state index is 13.0. The van der Waals surface area contributed by atoms with E-state index in [2.05, 4.69) is 0 Å². The highest BCUT2D eigenvalue weighted by atomic mass is 16.5. The zero-order valence-electron chi connectivity index (χ0n) is 14.3. The van der Waals surface area contributed by atoms with Crippen LogP contribution in [0.25, 0.3) is 0 Å². The van der Waals surface area contributed by atoms with E-state index < -0.39 is 11.5 Å². The van der Waals surface area contributed by atoms with E-state index >= 15 is 0 Å². The number of amides is 1. The van der Waals surface area contributed by atoms with E-state index in [1.807, 2.05) is 62.4 Å². The quantitative estimate of drug-likeness (QED) is 0.935. The van der Waals surface area contributed by atoms with Crippen LogP contribution >= 0.6 is 0 Å². The number of hydrogen-bond donors (Lipinski definition) is 1. The zero-order chi connectivity index (χ0) is 17.3. The van der Waals surface area contributed by atoms with Crippen LogP contribution in [0.2, 0.25) is 0 Å². The number of fused-ring (bicyclic) bond motifs is 2. The summed E-state index contributed by atoms with van der Waals surface area (Å²) >= 11 is 0. The molecule has 4 nitrogen and oxygen atoms in total. The number of para-hydroxylation sites is 2. The number of carbonyl (C=O) groups is 1. The number of carbonyl (C=O) groups excluding carboxylic acids is 1. The Morgan fingerprint density at radius 3 is 1.96 bits per heavy atom. The van der Waals surface area contributed by atoms with Crippen LogP contribution in [-0.4, -0.2) is 29.0 Å². The van der Waals surface area contributed by atoms with Crippen LogP contribution in [0.1, 0.15) is 31.9 Å². The maximum atomic E-state index is 13.0. The van der Waals surface area contributed by atoms with Crippen molar-refractivity contribution in [1.82, 2.24) is 4.90 Å². The number of rotatable bonds is 4. The van der Waals surface area contributed by atoms with E-state index in [0.29, 0.717) is 35.7 Å². The summed E-state index contributed by atoms with van der Waals surface area (Å²) in [7, 11) is 0. The topological polar surface area (TPSA) is 49.8 Å². The Balaban J connectivity index is 2.16. The molecule has 1 unspecified atom stereocenters. The lowest BCUT2D eigenvalue weighted by molar-refractivity contribution is -0.142. The molecule has 2 aromatic carbocycles. The molecule has 2 aromatic rings. The number of hydrogen-bond acceptors (Lipinski definition) is 3. The minimum absolute atomic E-state index is 0.0611. The fourth-order valence-electron chi connectivity index (χ4n) is 3.46. The third-order valence-corrected chi connectivity index (χ3v) is 4.89. The molecule has 0 bridgehead atoms. The minimum atomic E-state index is -1.41. The van der Waals surface area contributed by atoms with E-state index in [1.165, 1.54) is 0 Å². The van der Waals surface area contributed by atoms with Gasteiger partial charge in [-0.25, -0.2) is 0 Å². The number of benzene rings is 2. The van der Waals surface area contributed by atoms with Gasteiger partial charge in [0.1, 0.15) is 17.1 Å². The molecule has 0 aliphatic carbocycles. The average molecular weight is 325 g/mol. The van der Waals surface area contributed by atoms with Gasteiger partial charge in [-0.3, -0.25) is 4.79 Å². The third kappa shape index (κ3) is 2.38. The van der Waals surface area contributed by atoms with Crippen molar-refractivity contribution >= 4 is 5.91 Å². The molecule has 126 valence electrons. The van der Waals surface area contributed by atoms with Crippen molar-refractivity contribution in [3.05, 3.63) is 59.7 Å². The molecular formula is C20H23NO3. The molecule has 0 saturated carbocycles. The zero-order valence-corrected chi connectivity index (χ0v) is 14.3. The van der Waals surface area contributed by atoms with Crippen molar-refractivity contribution in [1.29, 1.82) is 0 Å². The standard InChI is InChI=1S/C20H23NO3/c1-4-21(5-2)19(22)14(3)20(23)15-10-6-8-12-17(15)24-18-13-9-7-11-16(18)20/h6-14,23H,4-5H2,1-3H3. The largest absolute Gasteiger partial charge is 0.457 e. The van der Waals surface area contributed by atoms with Crippen molar-refractivity contribution in [3.63, 3.8) is 0 Å². The second kappa shape index (κ2) is 6.29. The number of nitrogens with zero attached hydrogens (tertiary/aromatic N) is 1.